The summed E-state index contributed by atoms with van der Waals surface area (Å²) >= 11 is 1.67. The van der Waals surface area contributed by atoms with Gasteiger partial charge in [0.2, 0.25) is 11.8 Å². The van der Waals surface area contributed by atoms with Crippen molar-refractivity contribution in [2.24, 2.45) is 5.92 Å². The minimum Gasteiger partial charge on any atom is -0.333 e. The third-order valence-corrected chi connectivity index (χ3v) is 6.20. The van der Waals surface area contributed by atoms with Gasteiger partial charge in [-0.2, -0.15) is 0 Å². The normalized spacial score (nSPS) is 21.8. The number of nitrogens with zero attached hydrogens (tertiary/aromatic N) is 3. The van der Waals surface area contributed by atoms with Gasteiger partial charge in [-0.05, 0) is 42.2 Å². The molecule has 2 aromatic rings. The van der Waals surface area contributed by atoms with Gasteiger partial charge in [-0.15, -0.1) is 24.2 Å². The van der Waals surface area contributed by atoms with Crippen molar-refractivity contribution >= 4 is 41.7 Å². The van der Waals surface area contributed by atoms with E-state index >= 15 is 0 Å². The Kier molecular flexibility index (Phi) is 7.16. The monoisotopic (exact) mass is 432 g/mol. The summed E-state index contributed by atoms with van der Waals surface area (Å²) in [5, 5.41) is 3.36. The van der Waals surface area contributed by atoms with Gasteiger partial charge in [0, 0.05) is 55.6 Å². The zero-order valence-corrected chi connectivity index (χ0v) is 17.9. The predicted molar refractivity (Wildman–Crippen MR) is 117 cm³/mol. The lowest BCUT2D eigenvalue weighted by molar-refractivity contribution is -0.139. The Labute approximate surface area is 181 Å². The molecule has 6 nitrogen and oxygen atoms in total. The minimum absolute atomic E-state index is 0. The lowest BCUT2D eigenvalue weighted by Crippen LogP contribution is -2.50. The van der Waals surface area contributed by atoms with Gasteiger partial charge < -0.3 is 15.1 Å². The van der Waals surface area contributed by atoms with Crippen LogP contribution in [-0.2, 0) is 9.59 Å². The van der Waals surface area contributed by atoms with Gasteiger partial charge in [0.15, 0.2) is 0 Å². The Hall–Kier alpha value is -2.09. The topological polar surface area (TPSA) is 65.5 Å². The van der Waals surface area contributed by atoms with Crippen molar-refractivity contribution in [2.45, 2.75) is 17.4 Å². The number of thioether (sulfide) groups is 1. The van der Waals surface area contributed by atoms with E-state index in [9.17, 15) is 9.59 Å². The zero-order chi connectivity index (χ0) is 19.5. The van der Waals surface area contributed by atoms with Crippen LogP contribution in [0.2, 0.25) is 0 Å². The molecule has 1 N–H and O–H groups in total. The standard InChI is InChI=1S/C21H24N4O2S.ClH/c1-28-18-6-4-17(5-7-18)25-14-16(11-20(25)26)21(27)24-10-9-23-13-19(24)15-3-2-8-22-12-15;/h2-8,12,16,19,23H,9-11,13-14H2,1H3;1H. The molecule has 3 heterocycles. The second-order valence-electron chi connectivity index (χ2n) is 7.14. The van der Waals surface area contributed by atoms with Crippen molar-refractivity contribution in [3.05, 3.63) is 54.4 Å². The van der Waals surface area contributed by atoms with E-state index in [-0.39, 0.29) is 42.6 Å². The molecular formula is C21H25ClN4O2S. The fraction of sp³-hybridized carbons (Fsp3) is 0.381. The Morgan fingerprint density at radius 2 is 2.03 bits per heavy atom. The van der Waals surface area contributed by atoms with Gasteiger partial charge in [-0.3, -0.25) is 14.6 Å². The number of nitrogens with one attached hydrogen (secondary N) is 1. The van der Waals surface area contributed by atoms with Crippen LogP contribution in [0.4, 0.5) is 5.69 Å². The fourth-order valence-electron chi connectivity index (χ4n) is 3.96. The maximum absolute atomic E-state index is 13.3. The van der Waals surface area contributed by atoms with Gasteiger partial charge in [0.05, 0.1) is 12.0 Å². The van der Waals surface area contributed by atoms with Crippen LogP contribution < -0.4 is 10.2 Å². The van der Waals surface area contributed by atoms with Crippen molar-refractivity contribution in [1.82, 2.24) is 15.2 Å². The van der Waals surface area contributed by atoms with Crippen molar-refractivity contribution in [2.75, 3.05) is 37.3 Å². The summed E-state index contributed by atoms with van der Waals surface area (Å²) in [6, 6.07) is 11.8. The molecule has 2 aliphatic rings. The van der Waals surface area contributed by atoms with E-state index in [0.717, 1.165) is 22.7 Å². The fourth-order valence-corrected chi connectivity index (χ4v) is 4.37. The SMILES string of the molecule is CSc1ccc(N2CC(C(=O)N3CCNCC3c3cccnc3)CC2=O)cc1.Cl. The van der Waals surface area contributed by atoms with Gasteiger partial charge in [0.1, 0.15) is 0 Å². The number of pyridine rings is 1. The van der Waals surface area contributed by atoms with Crippen molar-refractivity contribution < 1.29 is 9.59 Å². The molecule has 0 spiro atoms. The number of carbonyl (C=O) groups excluding carboxylic acids is 2. The Bertz CT molecular complexity index is 850. The molecule has 2 unspecified atom stereocenters. The third-order valence-electron chi connectivity index (χ3n) is 5.45. The Morgan fingerprint density at radius 3 is 2.72 bits per heavy atom. The van der Waals surface area contributed by atoms with E-state index < -0.39 is 0 Å². The molecule has 0 saturated carbocycles. The number of rotatable bonds is 4. The second kappa shape index (κ2) is 9.61. The van der Waals surface area contributed by atoms with Crippen LogP contribution in [0.25, 0.3) is 0 Å². The number of aromatic nitrogens is 1. The molecule has 2 atom stereocenters. The van der Waals surface area contributed by atoms with E-state index in [1.807, 2.05) is 53.8 Å². The molecule has 1 aromatic heterocycles. The van der Waals surface area contributed by atoms with Crippen LogP contribution in [0.15, 0.2) is 53.7 Å². The summed E-state index contributed by atoms with van der Waals surface area (Å²) in [4.78, 5) is 34.9. The molecule has 154 valence electrons. The molecule has 0 aliphatic carbocycles. The molecular weight excluding hydrogens is 408 g/mol. The van der Waals surface area contributed by atoms with Gasteiger partial charge >= 0.3 is 0 Å². The van der Waals surface area contributed by atoms with Crippen LogP contribution in [0.5, 0.6) is 0 Å². The van der Waals surface area contributed by atoms with Crippen LogP contribution in [0, 0.1) is 5.92 Å². The summed E-state index contributed by atoms with van der Waals surface area (Å²) < 4.78 is 0. The smallest absolute Gasteiger partial charge is 0.228 e. The molecule has 29 heavy (non-hydrogen) atoms. The second-order valence-corrected chi connectivity index (χ2v) is 8.02. The molecule has 2 amide bonds. The molecule has 2 saturated heterocycles. The maximum atomic E-state index is 13.3. The molecule has 0 bridgehead atoms. The maximum Gasteiger partial charge on any atom is 0.228 e. The number of piperazine rings is 1. The largest absolute Gasteiger partial charge is 0.333 e. The number of amides is 2. The third kappa shape index (κ3) is 4.57. The first-order valence-electron chi connectivity index (χ1n) is 9.53. The van der Waals surface area contributed by atoms with Gasteiger partial charge in [0.25, 0.3) is 0 Å². The number of anilines is 1. The van der Waals surface area contributed by atoms with E-state index in [1.54, 1.807) is 22.9 Å². The first-order valence-corrected chi connectivity index (χ1v) is 10.8. The van der Waals surface area contributed by atoms with Crippen molar-refractivity contribution in [3.8, 4) is 0 Å². The lowest BCUT2D eigenvalue weighted by Gasteiger charge is -2.37. The number of hydrogen-bond acceptors (Lipinski definition) is 5. The first kappa shape index (κ1) is 21.6. The molecule has 0 radical (unpaired) electrons. The average molecular weight is 433 g/mol. The minimum atomic E-state index is -0.301. The summed E-state index contributed by atoms with van der Waals surface area (Å²) in [6.07, 6.45) is 5.85. The van der Waals surface area contributed by atoms with Crippen molar-refractivity contribution in [1.29, 1.82) is 0 Å². The van der Waals surface area contributed by atoms with Crippen LogP contribution >= 0.6 is 24.2 Å². The summed E-state index contributed by atoms with van der Waals surface area (Å²) in [5.74, 6) is -0.222. The van der Waals surface area contributed by atoms with Crippen LogP contribution in [0.3, 0.4) is 0 Å². The molecule has 2 fully saturated rings. The quantitative estimate of drug-likeness (QED) is 0.752. The Morgan fingerprint density at radius 1 is 1.24 bits per heavy atom. The van der Waals surface area contributed by atoms with E-state index in [4.69, 9.17) is 0 Å². The highest BCUT2D eigenvalue weighted by atomic mass is 35.5. The summed E-state index contributed by atoms with van der Waals surface area (Å²) in [5.41, 5.74) is 1.89. The van der Waals surface area contributed by atoms with E-state index in [0.29, 0.717) is 19.6 Å². The molecule has 2 aliphatic heterocycles. The van der Waals surface area contributed by atoms with Gasteiger partial charge in [-0.1, -0.05) is 6.07 Å². The van der Waals surface area contributed by atoms with Crippen LogP contribution in [0.1, 0.15) is 18.0 Å². The highest BCUT2D eigenvalue weighted by Crippen LogP contribution is 2.30. The summed E-state index contributed by atoms with van der Waals surface area (Å²) in [6.45, 7) is 2.56. The number of hydrogen-bond donors (Lipinski definition) is 1. The Balaban J connectivity index is 0.00000240. The van der Waals surface area contributed by atoms with Gasteiger partial charge in [-0.25, -0.2) is 0 Å². The van der Waals surface area contributed by atoms with E-state index in [1.165, 1.54) is 0 Å². The molecule has 1 aromatic carbocycles. The highest BCUT2D eigenvalue weighted by Gasteiger charge is 2.39. The molecule has 8 heteroatoms. The van der Waals surface area contributed by atoms with Crippen LogP contribution in [-0.4, -0.2) is 54.1 Å². The summed E-state index contributed by atoms with van der Waals surface area (Å²) in [7, 11) is 0. The predicted octanol–water partition coefficient (Wildman–Crippen LogP) is 2.75. The molecule has 4 rings (SSSR count). The highest BCUT2D eigenvalue weighted by molar-refractivity contribution is 7.98. The zero-order valence-electron chi connectivity index (χ0n) is 16.3. The number of carbonyl (C=O) groups is 2. The average Bonchev–Trinajstić information content (AvgIpc) is 3.15. The number of halogens is 1. The first-order chi connectivity index (χ1) is 13.7. The number of benzene rings is 1. The van der Waals surface area contributed by atoms with E-state index in [2.05, 4.69) is 10.3 Å². The van der Waals surface area contributed by atoms with Crippen molar-refractivity contribution in [3.63, 3.8) is 0 Å². The lowest BCUT2D eigenvalue weighted by atomic mass is 10.0.